The topological polar surface area (TPSA) is 4.93 Å². The van der Waals surface area contributed by atoms with Crippen LogP contribution in [0.5, 0.6) is 0 Å². The smallest absolute Gasteiger partial charge is 0.335 e. The Morgan fingerprint density at radius 2 is 1.54 bits per heavy atom. The molecule has 3 aromatic rings. The summed E-state index contributed by atoms with van der Waals surface area (Å²) in [6.07, 6.45) is -3.40. The summed E-state index contributed by atoms with van der Waals surface area (Å²) in [7, 11) is 0. The van der Waals surface area contributed by atoms with Crippen LogP contribution in [0.15, 0.2) is 54.6 Å². The molecule has 4 heteroatoms. The lowest BCUT2D eigenvalue weighted by atomic mass is 9.99. The number of hydrogen-bond donors (Lipinski definition) is 0. The number of alkyl halides is 3. The molecule has 126 valence electrons. The number of rotatable bonds is 3. The van der Waals surface area contributed by atoms with Crippen LogP contribution in [0.2, 0.25) is 0 Å². The molecule has 1 heterocycles. The third kappa shape index (κ3) is 2.81. The Labute approximate surface area is 139 Å². The zero-order valence-corrected chi connectivity index (χ0v) is 14.0. The fourth-order valence-corrected chi connectivity index (χ4v) is 3.01. The Morgan fingerprint density at radius 3 is 2.12 bits per heavy atom. The summed E-state index contributed by atoms with van der Waals surface area (Å²) in [4.78, 5) is 0. The van der Waals surface area contributed by atoms with Gasteiger partial charge < -0.3 is 4.57 Å². The van der Waals surface area contributed by atoms with Crippen LogP contribution < -0.4 is 0 Å². The fourth-order valence-electron chi connectivity index (χ4n) is 3.01. The highest BCUT2D eigenvalue weighted by Crippen LogP contribution is 2.37. The number of aromatic nitrogens is 1. The van der Waals surface area contributed by atoms with Gasteiger partial charge in [0.1, 0.15) is 0 Å². The van der Waals surface area contributed by atoms with Crippen molar-refractivity contribution < 1.29 is 13.2 Å². The quantitative estimate of drug-likeness (QED) is 0.518. The molecule has 0 aliphatic carbocycles. The molecule has 0 saturated heterocycles. The Hall–Kier alpha value is -2.23. The maximum atomic E-state index is 12.8. The van der Waals surface area contributed by atoms with Gasteiger partial charge in [0.15, 0.2) is 0 Å². The average molecular weight is 331 g/mol. The van der Waals surface area contributed by atoms with Crippen molar-refractivity contribution in [1.82, 2.24) is 4.57 Å². The molecule has 0 fully saturated rings. The van der Waals surface area contributed by atoms with Gasteiger partial charge in [0.25, 0.3) is 0 Å². The van der Waals surface area contributed by atoms with Crippen LogP contribution in [-0.2, 0) is 11.7 Å². The first-order valence-electron chi connectivity index (χ1n) is 8.02. The zero-order chi connectivity index (χ0) is 17.5. The van der Waals surface area contributed by atoms with Gasteiger partial charge in [-0.1, -0.05) is 37.3 Å². The van der Waals surface area contributed by atoms with Crippen LogP contribution in [0.4, 0.5) is 13.2 Å². The van der Waals surface area contributed by atoms with Gasteiger partial charge >= 0.3 is 6.18 Å². The third-order valence-corrected chi connectivity index (χ3v) is 4.69. The van der Waals surface area contributed by atoms with E-state index in [2.05, 4.69) is 37.5 Å². The number of halogens is 3. The van der Waals surface area contributed by atoms with E-state index < -0.39 is 11.7 Å². The van der Waals surface area contributed by atoms with Gasteiger partial charge in [-0.05, 0) is 50.1 Å². The van der Waals surface area contributed by atoms with Crippen molar-refractivity contribution in [2.45, 2.75) is 38.9 Å². The highest BCUT2D eigenvalue weighted by molar-refractivity contribution is 5.87. The Kier molecular flexibility index (Phi) is 3.94. The summed E-state index contributed by atoms with van der Waals surface area (Å²) in [5.74, 6) is 0. The third-order valence-electron chi connectivity index (χ3n) is 4.69. The second kappa shape index (κ2) is 5.69. The molecule has 1 aromatic heterocycles. The van der Waals surface area contributed by atoms with E-state index in [1.807, 2.05) is 18.2 Å². The van der Waals surface area contributed by atoms with E-state index in [1.165, 1.54) is 0 Å². The minimum atomic E-state index is -4.31. The molecule has 0 unspecified atom stereocenters. The number of para-hydroxylation sites is 1. The van der Waals surface area contributed by atoms with Crippen LogP contribution in [0.1, 0.15) is 32.8 Å². The molecule has 0 atom stereocenters. The van der Waals surface area contributed by atoms with Crippen molar-refractivity contribution in [2.75, 3.05) is 0 Å². The molecule has 0 amide bonds. The van der Waals surface area contributed by atoms with Crippen molar-refractivity contribution in [2.24, 2.45) is 0 Å². The predicted octanol–water partition coefficient (Wildman–Crippen LogP) is 6.47. The number of fused-ring (bicyclic) bond motifs is 1. The number of hydrogen-bond acceptors (Lipinski definition) is 0. The summed E-state index contributed by atoms with van der Waals surface area (Å²) in [5.41, 5.74) is 2.07. The molecule has 1 nitrogen and oxygen atoms in total. The summed E-state index contributed by atoms with van der Waals surface area (Å²) >= 11 is 0. The first kappa shape index (κ1) is 16.6. The van der Waals surface area contributed by atoms with Gasteiger partial charge in [-0.3, -0.25) is 0 Å². The van der Waals surface area contributed by atoms with Gasteiger partial charge in [0, 0.05) is 22.1 Å². The standard InChI is InChI=1S/C20H20F3N/c1-4-19(2,3)24-17-8-6-5-7-15(17)13-18(24)14-9-11-16(12-10-14)20(21,22)23/h5-13H,4H2,1-3H3. The second-order valence-corrected chi connectivity index (χ2v) is 6.66. The number of benzene rings is 2. The summed E-state index contributed by atoms with van der Waals surface area (Å²) in [6.45, 7) is 6.41. The zero-order valence-electron chi connectivity index (χ0n) is 14.0. The molecule has 0 bridgehead atoms. The van der Waals surface area contributed by atoms with Gasteiger partial charge in [0.05, 0.1) is 5.56 Å². The van der Waals surface area contributed by atoms with E-state index in [1.54, 1.807) is 12.1 Å². The van der Waals surface area contributed by atoms with Crippen molar-refractivity contribution >= 4 is 10.9 Å². The molecule has 0 radical (unpaired) electrons. The van der Waals surface area contributed by atoms with Crippen LogP contribution in [0.3, 0.4) is 0 Å². The maximum Gasteiger partial charge on any atom is 0.416 e. The fraction of sp³-hybridized carbons (Fsp3) is 0.300. The van der Waals surface area contributed by atoms with Crippen LogP contribution >= 0.6 is 0 Å². The van der Waals surface area contributed by atoms with E-state index in [0.717, 1.165) is 40.7 Å². The van der Waals surface area contributed by atoms with Gasteiger partial charge in [-0.15, -0.1) is 0 Å². The molecule has 3 rings (SSSR count). The van der Waals surface area contributed by atoms with Gasteiger partial charge in [-0.25, -0.2) is 0 Å². The van der Waals surface area contributed by atoms with Crippen molar-refractivity contribution in [3.8, 4) is 11.3 Å². The molecule has 2 aromatic carbocycles. The molecule has 0 aliphatic heterocycles. The Morgan fingerprint density at radius 1 is 0.917 bits per heavy atom. The number of nitrogens with zero attached hydrogens (tertiary/aromatic N) is 1. The van der Waals surface area contributed by atoms with Gasteiger partial charge in [0.2, 0.25) is 0 Å². The van der Waals surface area contributed by atoms with Crippen LogP contribution in [0, 0.1) is 0 Å². The normalized spacial score (nSPS) is 12.8. The first-order valence-corrected chi connectivity index (χ1v) is 8.02. The highest BCUT2D eigenvalue weighted by Gasteiger charge is 2.30. The molecule has 0 N–H and O–H groups in total. The van der Waals surface area contributed by atoms with Crippen LogP contribution in [-0.4, -0.2) is 4.57 Å². The molecule has 0 aliphatic rings. The predicted molar refractivity (Wildman–Crippen MR) is 92.0 cm³/mol. The Bertz CT molecular complexity index is 855. The Balaban J connectivity index is 2.21. The SMILES string of the molecule is CCC(C)(C)n1c(-c2ccc(C(F)(F)F)cc2)cc2ccccc21. The van der Waals surface area contributed by atoms with E-state index in [-0.39, 0.29) is 5.54 Å². The second-order valence-electron chi connectivity index (χ2n) is 6.66. The molecular formula is C20H20F3N. The minimum absolute atomic E-state index is 0.138. The van der Waals surface area contributed by atoms with E-state index in [9.17, 15) is 13.2 Å². The van der Waals surface area contributed by atoms with Gasteiger partial charge in [-0.2, -0.15) is 13.2 Å². The lowest BCUT2D eigenvalue weighted by molar-refractivity contribution is -0.137. The van der Waals surface area contributed by atoms with E-state index in [4.69, 9.17) is 0 Å². The lowest BCUT2D eigenvalue weighted by Crippen LogP contribution is -2.25. The minimum Gasteiger partial charge on any atom is -0.335 e. The summed E-state index contributed by atoms with van der Waals surface area (Å²) in [5, 5.41) is 1.09. The lowest BCUT2D eigenvalue weighted by Gasteiger charge is -2.29. The monoisotopic (exact) mass is 331 g/mol. The summed E-state index contributed by atoms with van der Waals surface area (Å²) in [6, 6.07) is 15.5. The van der Waals surface area contributed by atoms with E-state index >= 15 is 0 Å². The van der Waals surface area contributed by atoms with Crippen molar-refractivity contribution in [1.29, 1.82) is 0 Å². The largest absolute Gasteiger partial charge is 0.416 e. The summed E-state index contributed by atoms with van der Waals surface area (Å²) < 4.78 is 40.6. The van der Waals surface area contributed by atoms with Crippen molar-refractivity contribution in [3.63, 3.8) is 0 Å². The van der Waals surface area contributed by atoms with Crippen LogP contribution in [0.25, 0.3) is 22.2 Å². The maximum absolute atomic E-state index is 12.8. The molecular weight excluding hydrogens is 311 g/mol. The molecule has 24 heavy (non-hydrogen) atoms. The average Bonchev–Trinajstić information content (AvgIpc) is 2.94. The van der Waals surface area contributed by atoms with E-state index in [0.29, 0.717) is 0 Å². The van der Waals surface area contributed by atoms with Crippen molar-refractivity contribution in [3.05, 3.63) is 60.2 Å². The molecule has 0 saturated carbocycles. The molecule has 0 spiro atoms. The first-order chi connectivity index (χ1) is 11.2. The highest BCUT2D eigenvalue weighted by atomic mass is 19.4.